The van der Waals surface area contributed by atoms with Gasteiger partial charge in [-0.2, -0.15) is 0 Å². The number of benzene rings is 1. The summed E-state index contributed by atoms with van der Waals surface area (Å²) in [6, 6.07) is 11.7. The van der Waals surface area contributed by atoms with Crippen LogP contribution in [0, 0.1) is 0 Å². The Hall–Kier alpha value is -2.16. The molecule has 20 heavy (non-hydrogen) atoms. The van der Waals surface area contributed by atoms with E-state index in [1.807, 2.05) is 37.3 Å². The zero-order chi connectivity index (χ0) is 13.9. The van der Waals surface area contributed by atoms with Gasteiger partial charge in [-0.15, -0.1) is 0 Å². The van der Waals surface area contributed by atoms with Crippen LogP contribution in [0.4, 0.5) is 0 Å². The number of pyridine rings is 1. The lowest BCUT2D eigenvalue weighted by Crippen LogP contribution is -2.27. The third-order valence-electron chi connectivity index (χ3n) is 3.84. The number of hydrogen-bond acceptors (Lipinski definition) is 2. The van der Waals surface area contributed by atoms with Crippen LogP contribution in [0.25, 0.3) is 0 Å². The largest absolute Gasteiger partial charge is 0.344 e. The monoisotopic (exact) mass is 266 g/mol. The highest BCUT2D eigenvalue weighted by Crippen LogP contribution is 2.23. The molecular weight excluding hydrogens is 248 g/mol. The first kappa shape index (κ1) is 12.9. The second-order valence-corrected chi connectivity index (χ2v) is 5.29. The fraction of sp³-hybridized carbons (Fsp3) is 0.294. The van der Waals surface area contributed by atoms with Crippen LogP contribution in [-0.4, -0.2) is 10.9 Å². The summed E-state index contributed by atoms with van der Waals surface area (Å²) in [5, 5.41) is 3.00. The molecule has 0 spiro atoms. The first-order chi connectivity index (χ1) is 9.74. The van der Waals surface area contributed by atoms with E-state index in [0.29, 0.717) is 0 Å². The highest BCUT2D eigenvalue weighted by Gasteiger charge is 2.16. The van der Waals surface area contributed by atoms with Crippen molar-refractivity contribution >= 4 is 5.91 Å². The molecule has 0 radical (unpaired) electrons. The molecule has 1 amide bonds. The molecule has 0 saturated heterocycles. The Bertz CT molecular complexity index is 622. The van der Waals surface area contributed by atoms with Gasteiger partial charge in [0.1, 0.15) is 0 Å². The first-order valence-electron chi connectivity index (χ1n) is 7.07. The third-order valence-corrected chi connectivity index (χ3v) is 3.84. The van der Waals surface area contributed by atoms with Crippen LogP contribution in [-0.2, 0) is 12.8 Å². The smallest absolute Gasteiger partial charge is 0.251 e. The number of fused-ring (bicyclic) bond motifs is 1. The average molecular weight is 266 g/mol. The van der Waals surface area contributed by atoms with E-state index in [0.717, 1.165) is 24.1 Å². The van der Waals surface area contributed by atoms with Crippen LogP contribution in [0.2, 0.25) is 0 Å². The van der Waals surface area contributed by atoms with Crippen molar-refractivity contribution in [3.8, 4) is 0 Å². The van der Waals surface area contributed by atoms with Crippen LogP contribution in [0.5, 0.6) is 0 Å². The van der Waals surface area contributed by atoms with E-state index in [9.17, 15) is 4.79 Å². The predicted molar refractivity (Wildman–Crippen MR) is 78.6 cm³/mol. The minimum Gasteiger partial charge on any atom is -0.344 e. The molecule has 0 fully saturated rings. The normalized spacial score (nSPS) is 14.7. The second kappa shape index (κ2) is 5.45. The van der Waals surface area contributed by atoms with Crippen molar-refractivity contribution in [2.45, 2.75) is 32.2 Å². The number of carbonyl (C=O) groups is 1. The second-order valence-electron chi connectivity index (χ2n) is 5.29. The van der Waals surface area contributed by atoms with E-state index in [1.54, 1.807) is 6.20 Å². The van der Waals surface area contributed by atoms with Crippen molar-refractivity contribution in [1.82, 2.24) is 10.3 Å². The lowest BCUT2D eigenvalue weighted by Gasteiger charge is -2.13. The Labute approximate surface area is 119 Å². The van der Waals surface area contributed by atoms with Crippen LogP contribution in [0.1, 0.15) is 46.6 Å². The van der Waals surface area contributed by atoms with E-state index in [2.05, 4.69) is 16.4 Å². The van der Waals surface area contributed by atoms with Gasteiger partial charge in [0.05, 0.1) is 11.7 Å². The Kier molecular flexibility index (Phi) is 3.50. The standard InChI is InChI=1S/C17H18N2O/c1-12(16-7-2-3-10-18-16)19-17(20)15-9-8-13-5-4-6-14(13)11-15/h2-3,7-12H,4-6H2,1H3,(H,19,20)/t12-/m1/s1. The molecule has 3 rings (SSSR count). The van der Waals surface area contributed by atoms with Gasteiger partial charge in [0.15, 0.2) is 0 Å². The van der Waals surface area contributed by atoms with Crippen molar-refractivity contribution < 1.29 is 4.79 Å². The van der Waals surface area contributed by atoms with E-state index in [4.69, 9.17) is 0 Å². The number of amides is 1. The van der Waals surface area contributed by atoms with E-state index in [1.165, 1.54) is 17.5 Å². The molecule has 0 saturated carbocycles. The molecule has 1 aromatic heterocycles. The fourth-order valence-corrected chi connectivity index (χ4v) is 2.70. The molecule has 102 valence electrons. The van der Waals surface area contributed by atoms with Crippen LogP contribution >= 0.6 is 0 Å². The fourth-order valence-electron chi connectivity index (χ4n) is 2.70. The molecule has 0 aliphatic heterocycles. The van der Waals surface area contributed by atoms with Gasteiger partial charge in [-0.1, -0.05) is 12.1 Å². The summed E-state index contributed by atoms with van der Waals surface area (Å²) >= 11 is 0. The van der Waals surface area contributed by atoms with E-state index < -0.39 is 0 Å². The van der Waals surface area contributed by atoms with Crippen molar-refractivity contribution in [3.05, 3.63) is 65.0 Å². The number of aryl methyl sites for hydroxylation is 2. The molecule has 1 aromatic carbocycles. The molecule has 1 aliphatic rings. The molecule has 3 heteroatoms. The number of rotatable bonds is 3. The molecule has 0 bridgehead atoms. The van der Waals surface area contributed by atoms with Gasteiger partial charge in [0.25, 0.3) is 5.91 Å². The van der Waals surface area contributed by atoms with Gasteiger partial charge in [-0.3, -0.25) is 9.78 Å². The topological polar surface area (TPSA) is 42.0 Å². The van der Waals surface area contributed by atoms with Gasteiger partial charge in [0, 0.05) is 11.8 Å². The number of nitrogens with one attached hydrogen (secondary N) is 1. The predicted octanol–water partition coefficient (Wildman–Crippen LogP) is 3.06. The first-order valence-corrected chi connectivity index (χ1v) is 7.07. The highest BCUT2D eigenvalue weighted by molar-refractivity contribution is 5.94. The molecule has 1 N–H and O–H groups in total. The van der Waals surface area contributed by atoms with Crippen LogP contribution < -0.4 is 5.32 Å². The zero-order valence-electron chi connectivity index (χ0n) is 11.6. The molecule has 2 aromatic rings. The lowest BCUT2D eigenvalue weighted by molar-refractivity contribution is 0.0939. The molecule has 1 aliphatic carbocycles. The zero-order valence-corrected chi connectivity index (χ0v) is 11.6. The van der Waals surface area contributed by atoms with Crippen molar-refractivity contribution in [2.75, 3.05) is 0 Å². The Morgan fingerprint density at radius 3 is 2.85 bits per heavy atom. The number of carbonyl (C=O) groups excluding carboxylic acids is 1. The molecule has 3 nitrogen and oxygen atoms in total. The molecule has 0 unspecified atom stereocenters. The summed E-state index contributed by atoms with van der Waals surface area (Å²) in [6.45, 7) is 1.95. The maximum Gasteiger partial charge on any atom is 0.251 e. The van der Waals surface area contributed by atoms with Gasteiger partial charge < -0.3 is 5.32 Å². The van der Waals surface area contributed by atoms with Crippen molar-refractivity contribution in [2.24, 2.45) is 0 Å². The SMILES string of the molecule is C[C@@H](NC(=O)c1ccc2c(c1)CCC2)c1ccccn1. The van der Waals surface area contributed by atoms with Crippen LogP contribution in [0.3, 0.4) is 0 Å². The average Bonchev–Trinajstić information content (AvgIpc) is 2.95. The van der Waals surface area contributed by atoms with Gasteiger partial charge in [-0.25, -0.2) is 0 Å². The highest BCUT2D eigenvalue weighted by atomic mass is 16.1. The Morgan fingerprint density at radius 2 is 2.05 bits per heavy atom. The molecular formula is C17H18N2O. The van der Waals surface area contributed by atoms with Gasteiger partial charge in [-0.05, 0) is 61.6 Å². The van der Waals surface area contributed by atoms with Crippen molar-refractivity contribution in [1.29, 1.82) is 0 Å². The van der Waals surface area contributed by atoms with Gasteiger partial charge >= 0.3 is 0 Å². The summed E-state index contributed by atoms with van der Waals surface area (Å²) in [5.74, 6) is -0.0298. The molecule has 1 heterocycles. The minimum atomic E-state index is -0.0862. The third kappa shape index (κ3) is 2.57. The maximum absolute atomic E-state index is 12.3. The lowest BCUT2D eigenvalue weighted by atomic mass is 10.1. The summed E-state index contributed by atoms with van der Waals surface area (Å²) in [5.41, 5.74) is 4.33. The van der Waals surface area contributed by atoms with E-state index >= 15 is 0 Å². The summed E-state index contributed by atoms with van der Waals surface area (Å²) in [4.78, 5) is 16.6. The summed E-state index contributed by atoms with van der Waals surface area (Å²) < 4.78 is 0. The summed E-state index contributed by atoms with van der Waals surface area (Å²) in [6.07, 6.45) is 5.17. The Balaban J connectivity index is 1.73. The molecule has 1 atom stereocenters. The number of hydrogen-bond donors (Lipinski definition) is 1. The number of aromatic nitrogens is 1. The van der Waals surface area contributed by atoms with E-state index in [-0.39, 0.29) is 11.9 Å². The summed E-state index contributed by atoms with van der Waals surface area (Å²) in [7, 11) is 0. The maximum atomic E-state index is 12.3. The van der Waals surface area contributed by atoms with Gasteiger partial charge in [0.2, 0.25) is 0 Å². The van der Waals surface area contributed by atoms with Crippen molar-refractivity contribution in [3.63, 3.8) is 0 Å². The number of nitrogens with zero attached hydrogens (tertiary/aromatic N) is 1. The van der Waals surface area contributed by atoms with Crippen LogP contribution in [0.15, 0.2) is 42.6 Å². The minimum absolute atomic E-state index is 0.0298. The quantitative estimate of drug-likeness (QED) is 0.927. The Morgan fingerprint density at radius 1 is 1.20 bits per heavy atom.